The number of carboxylic acids is 1. The van der Waals surface area contributed by atoms with Gasteiger partial charge in [0.1, 0.15) is 12.4 Å². The summed E-state index contributed by atoms with van der Waals surface area (Å²) in [5, 5.41) is 9.22. The standard InChI is InChI=1S/C22H20ClF3O3/c23-20-12-18(10-6-15(20)7-11-21(27)28)29-13-16-2-1-3-19(16)14-4-8-17(9-5-14)22(24,25)26/h4-6,8-10,12H,1-3,7,11,13H2,(H,27,28). The van der Waals surface area contributed by atoms with Crippen LogP contribution in [0.3, 0.4) is 0 Å². The van der Waals surface area contributed by atoms with Crippen molar-refractivity contribution >= 4 is 23.1 Å². The Labute approximate surface area is 171 Å². The van der Waals surface area contributed by atoms with Crippen molar-refractivity contribution in [3.63, 3.8) is 0 Å². The fourth-order valence-corrected chi connectivity index (χ4v) is 3.67. The van der Waals surface area contributed by atoms with Crippen LogP contribution in [-0.2, 0) is 17.4 Å². The minimum Gasteiger partial charge on any atom is -0.489 e. The molecule has 0 saturated heterocycles. The molecule has 3 rings (SSSR count). The number of allylic oxidation sites excluding steroid dienone is 1. The number of alkyl halides is 3. The zero-order valence-electron chi connectivity index (χ0n) is 15.6. The molecule has 0 unspecified atom stereocenters. The summed E-state index contributed by atoms with van der Waals surface area (Å²) in [6.45, 7) is 0.334. The Morgan fingerprint density at radius 1 is 1.10 bits per heavy atom. The van der Waals surface area contributed by atoms with Gasteiger partial charge in [0.2, 0.25) is 0 Å². The van der Waals surface area contributed by atoms with Gasteiger partial charge in [0.15, 0.2) is 0 Å². The molecule has 7 heteroatoms. The van der Waals surface area contributed by atoms with Gasteiger partial charge in [-0.3, -0.25) is 4.79 Å². The highest BCUT2D eigenvalue weighted by Crippen LogP contribution is 2.36. The quantitative estimate of drug-likeness (QED) is 0.560. The van der Waals surface area contributed by atoms with Crippen LogP contribution in [-0.4, -0.2) is 17.7 Å². The molecule has 3 nitrogen and oxygen atoms in total. The molecule has 29 heavy (non-hydrogen) atoms. The van der Waals surface area contributed by atoms with Crippen molar-refractivity contribution in [3.05, 3.63) is 69.8 Å². The Morgan fingerprint density at radius 2 is 1.83 bits per heavy atom. The van der Waals surface area contributed by atoms with Crippen LogP contribution in [0.15, 0.2) is 48.0 Å². The summed E-state index contributed by atoms with van der Waals surface area (Å²) < 4.78 is 44.1. The van der Waals surface area contributed by atoms with Crippen molar-refractivity contribution in [2.45, 2.75) is 38.3 Å². The van der Waals surface area contributed by atoms with E-state index >= 15 is 0 Å². The van der Waals surface area contributed by atoms with Gasteiger partial charge in [-0.25, -0.2) is 0 Å². The van der Waals surface area contributed by atoms with Crippen LogP contribution in [0.25, 0.3) is 5.57 Å². The van der Waals surface area contributed by atoms with E-state index in [4.69, 9.17) is 21.4 Å². The number of aliphatic carboxylic acids is 1. The Hall–Kier alpha value is -2.47. The first-order valence-corrected chi connectivity index (χ1v) is 9.63. The van der Waals surface area contributed by atoms with Crippen LogP contribution >= 0.6 is 11.6 Å². The Kier molecular flexibility index (Phi) is 6.52. The zero-order valence-corrected chi connectivity index (χ0v) is 16.3. The summed E-state index contributed by atoms with van der Waals surface area (Å²) in [7, 11) is 0. The Bertz CT molecular complexity index is 918. The fourth-order valence-electron chi connectivity index (χ4n) is 3.41. The molecule has 0 heterocycles. The number of benzene rings is 2. The fraction of sp³-hybridized carbons (Fsp3) is 0.318. The smallest absolute Gasteiger partial charge is 0.416 e. The van der Waals surface area contributed by atoms with E-state index in [9.17, 15) is 18.0 Å². The second-order valence-electron chi connectivity index (χ2n) is 6.95. The average Bonchev–Trinajstić information content (AvgIpc) is 3.13. The lowest BCUT2D eigenvalue weighted by atomic mass is 10.0. The summed E-state index contributed by atoms with van der Waals surface area (Å²) in [6, 6.07) is 10.4. The van der Waals surface area contributed by atoms with Gasteiger partial charge in [-0.15, -0.1) is 0 Å². The highest BCUT2D eigenvalue weighted by Gasteiger charge is 2.30. The van der Waals surface area contributed by atoms with Gasteiger partial charge >= 0.3 is 12.1 Å². The number of hydrogen-bond acceptors (Lipinski definition) is 2. The number of halogens is 4. The second kappa shape index (κ2) is 8.91. The molecule has 2 aromatic rings. The number of rotatable bonds is 7. The molecule has 0 radical (unpaired) electrons. The topological polar surface area (TPSA) is 46.5 Å². The van der Waals surface area contributed by atoms with Crippen molar-refractivity contribution in [1.82, 2.24) is 0 Å². The summed E-state index contributed by atoms with van der Waals surface area (Å²) in [5.74, 6) is -0.314. The predicted octanol–water partition coefficient (Wildman–Crippen LogP) is 6.39. The molecule has 1 N–H and O–H groups in total. The lowest BCUT2D eigenvalue weighted by Gasteiger charge is -2.12. The van der Waals surface area contributed by atoms with Crippen molar-refractivity contribution < 1.29 is 27.8 Å². The van der Waals surface area contributed by atoms with Gasteiger partial charge in [-0.1, -0.05) is 29.8 Å². The molecular formula is C22H20ClF3O3. The van der Waals surface area contributed by atoms with Crippen molar-refractivity contribution in [3.8, 4) is 5.75 Å². The van der Waals surface area contributed by atoms with Gasteiger partial charge in [0.05, 0.1) is 5.56 Å². The second-order valence-corrected chi connectivity index (χ2v) is 7.35. The van der Waals surface area contributed by atoms with E-state index in [2.05, 4.69) is 0 Å². The van der Waals surface area contributed by atoms with E-state index < -0.39 is 17.7 Å². The maximum Gasteiger partial charge on any atom is 0.416 e. The van der Waals surface area contributed by atoms with Crippen LogP contribution in [0.2, 0.25) is 5.02 Å². The van der Waals surface area contributed by atoms with Crippen LogP contribution < -0.4 is 4.74 Å². The average molecular weight is 425 g/mol. The predicted molar refractivity (Wildman–Crippen MR) is 105 cm³/mol. The molecule has 0 saturated carbocycles. The van der Waals surface area contributed by atoms with Crippen LogP contribution in [0.4, 0.5) is 13.2 Å². The number of hydrogen-bond donors (Lipinski definition) is 1. The van der Waals surface area contributed by atoms with Crippen LogP contribution in [0.5, 0.6) is 5.75 Å². The van der Waals surface area contributed by atoms with E-state index in [0.29, 0.717) is 23.8 Å². The highest BCUT2D eigenvalue weighted by atomic mass is 35.5. The molecule has 0 amide bonds. The molecular weight excluding hydrogens is 405 g/mol. The van der Waals surface area contributed by atoms with Gasteiger partial charge < -0.3 is 9.84 Å². The number of carbonyl (C=O) groups is 1. The lowest BCUT2D eigenvalue weighted by molar-refractivity contribution is -0.138. The SMILES string of the molecule is O=C(O)CCc1ccc(OCC2=C(c3ccc(C(F)(F)F)cc3)CCC2)cc1Cl. The van der Waals surface area contributed by atoms with E-state index in [1.165, 1.54) is 12.1 Å². The first-order chi connectivity index (χ1) is 13.7. The van der Waals surface area contributed by atoms with E-state index in [0.717, 1.165) is 53.7 Å². The molecule has 0 aliphatic heterocycles. The third kappa shape index (κ3) is 5.54. The highest BCUT2D eigenvalue weighted by molar-refractivity contribution is 6.31. The molecule has 1 aliphatic carbocycles. The number of ether oxygens (including phenoxy) is 1. The van der Waals surface area contributed by atoms with Crippen molar-refractivity contribution in [2.24, 2.45) is 0 Å². The number of aryl methyl sites for hydroxylation is 1. The molecule has 2 aromatic carbocycles. The minimum atomic E-state index is -4.34. The molecule has 0 aromatic heterocycles. The van der Waals surface area contributed by atoms with Crippen molar-refractivity contribution in [2.75, 3.05) is 6.61 Å². The summed E-state index contributed by atoms with van der Waals surface area (Å²) in [5.41, 5.74) is 2.97. The van der Waals surface area contributed by atoms with Crippen LogP contribution in [0, 0.1) is 0 Å². The van der Waals surface area contributed by atoms with Gasteiger partial charge in [-0.05, 0) is 72.2 Å². The first-order valence-electron chi connectivity index (χ1n) is 9.25. The lowest BCUT2D eigenvalue weighted by Crippen LogP contribution is -2.05. The zero-order chi connectivity index (χ0) is 21.0. The summed E-state index contributed by atoms with van der Waals surface area (Å²) >= 11 is 6.21. The molecule has 0 spiro atoms. The van der Waals surface area contributed by atoms with Gasteiger partial charge in [0, 0.05) is 11.4 Å². The maximum atomic E-state index is 12.8. The largest absolute Gasteiger partial charge is 0.489 e. The molecule has 0 fully saturated rings. The van der Waals surface area contributed by atoms with E-state index in [1.807, 2.05) is 0 Å². The van der Waals surface area contributed by atoms with Crippen molar-refractivity contribution in [1.29, 1.82) is 0 Å². The first kappa shape index (κ1) is 21.2. The summed E-state index contributed by atoms with van der Waals surface area (Å²) in [4.78, 5) is 10.7. The third-order valence-corrected chi connectivity index (χ3v) is 5.29. The Morgan fingerprint density at radius 3 is 2.45 bits per heavy atom. The summed E-state index contributed by atoms with van der Waals surface area (Å²) in [6.07, 6.45) is -1.42. The monoisotopic (exact) mass is 424 g/mol. The van der Waals surface area contributed by atoms with Gasteiger partial charge in [-0.2, -0.15) is 13.2 Å². The molecule has 0 bridgehead atoms. The van der Waals surface area contributed by atoms with Crippen LogP contribution in [0.1, 0.15) is 42.4 Å². The Balaban J connectivity index is 1.69. The van der Waals surface area contributed by atoms with E-state index in [-0.39, 0.29) is 6.42 Å². The molecule has 1 aliphatic rings. The van der Waals surface area contributed by atoms with E-state index in [1.54, 1.807) is 18.2 Å². The third-order valence-electron chi connectivity index (χ3n) is 4.94. The van der Waals surface area contributed by atoms with Gasteiger partial charge in [0.25, 0.3) is 0 Å². The maximum absolute atomic E-state index is 12.8. The molecule has 154 valence electrons. The normalized spacial score (nSPS) is 14.3. The number of carboxylic acid groups (broad SMARTS) is 1. The minimum absolute atomic E-state index is 0.00327. The molecule has 0 atom stereocenters.